The maximum absolute atomic E-state index is 11.7. The smallest absolute Gasteiger partial charge is 0.395 e. The van der Waals surface area contributed by atoms with Gasteiger partial charge in [-0.25, -0.2) is 4.57 Å². The average Bonchev–Trinajstić information content (AvgIpc) is 2.76. The van der Waals surface area contributed by atoms with E-state index in [4.69, 9.17) is 9.05 Å². The lowest BCUT2D eigenvalue weighted by molar-refractivity contribution is 0.291. The Balaban J connectivity index is 0.000000176. The molecule has 1 N–H and O–H groups in total. The van der Waals surface area contributed by atoms with Gasteiger partial charge in [-0.3, -0.25) is 4.89 Å². The van der Waals surface area contributed by atoms with Crippen molar-refractivity contribution in [2.24, 2.45) is 0 Å². The molecule has 0 aliphatic rings. The first-order chi connectivity index (χ1) is 14.1. The molecule has 0 heterocycles. The Hall–Kier alpha value is -3.33. The molecule has 0 saturated carbocycles. The van der Waals surface area contributed by atoms with E-state index in [0.29, 0.717) is 0 Å². The highest BCUT2D eigenvalue weighted by molar-refractivity contribution is 7.48. The molecule has 4 aromatic rings. The van der Waals surface area contributed by atoms with E-state index in [1.54, 1.807) is 60.7 Å². The molecule has 4 nitrogen and oxygen atoms in total. The predicted octanol–water partition coefficient (Wildman–Crippen LogP) is 6.60. The third kappa shape index (κ3) is 6.96. The van der Waals surface area contributed by atoms with Gasteiger partial charge in [-0.2, -0.15) is 0 Å². The van der Waals surface area contributed by atoms with Crippen LogP contribution in [0.2, 0.25) is 0 Å². The lowest BCUT2D eigenvalue weighted by atomic mass is 10.1. The minimum atomic E-state index is -4.14. The lowest BCUT2D eigenvalue weighted by Gasteiger charge is -2.13. The second-order valence-electron chi connectivity index (χ2n) is 6.01. The summed E-state index contributed by atoms with van der Waals surface area (Å²) < 4.78 is 21.5. The number of hydrogen-bond donors (Lipinski definition) is 1. The third-order valence-corrected chi connectivity index (χ3v) is 4.69. The summed E-state index contributed by atoms with van der Waals surface area (Å²) in [7, 11) is -4.14. The zero-order valence-corrected chi connectivity index (χ0v) is 16.6. The summed E-state index contributed by atoms with van der Waals surface area (Å²) in [5, 5.41) is 0. The van der Waals surface area contributed by atoms with Crippen LogP contribution in [0.4, 0.5) is 0 Å². The van der Waals surface area contributed by atoms with Gasteiger partial charge in [0.15, 0.2) is 0 Å². The van der Waals surface area contributed by atoms with Crippen LogP contribution in [-0.4, -0.2) is 4.89 Å². The zero-order valence-electron chi connectivity index (χ0n) is 15.7. The van der Waals surface area contributed by atoms with Crippen LogP contribution in [-0.2, 0) is 4.57 Å². The number of benzene rings is 4. The average molecular weight is 404 g/mol. The molecule has 0 aromatic heterocycles. The second kappa shape index (κ2) is 10.3. The van der Waals surface area contributed by atoms with E-state index >= 15 is 0 Å². The van der Waals surface area contributed by atoms with E-state index in [-0.39, 0.29) is 11.5 Å². The van der Waals surface area contributed by atoms with Crippen LogP contribution in [0, 0.1) is 0 Å². The van der Waals surface area contributed by atoms with E-state index in [1.807, 2.05) is 12.1 Å². The minimum absolute atomic E-state index is 0.286. The van der Waals surface area contributed by atoms with Gasteiger partial charge in [0, 0.05) is 0 Å². The first kappa shape index (κ1) is 20.4. The molecule has 0 unspecified atom stereocenters. The summed E-state index contributed by atoms with van der Waals surface area (Å²) in [4.78, 5) is 9.53. The van der Waals surface area contributed by atoms with Crippen molar-refractivity contribution in [3.8, 4) is 22.6 Å². The molecule has 146 valence electrons. The molecule has 0 aliphatic carbocycles. The number of rotatable bonds is 5. The van der Waals surface area contributed by atoms with Crippen LogP contribution in [0.15, 0.2) is 121 Å². The molecule has 29 heavy (non-hydrogen) atoms. The summed E-state index contributed by atoms with van der Waals surface area (Å²) in [6, 6.07) is 37.5. The molecule has 4 rings (SSSR count). The first-order valence-corrected chi connectivity index (χ1v) is 10.5. The Kier molecular flexibility index (Phi) is 7.23. The fourth-order valence-electron chi connectivity index (χ4n) is 2.51. The van der Waals surface area contributed by atoms with Crippen LogP contribution in [0.3, 0.4) is 0 Å². The molecular weight excluding hydrogens is 383 g/mol. The van der Waals surface area contributed by atoms with Gasteiger partial charge >= 0.3 is 7.82 Å². The minimum Gasteiger partial charge on any atom is -0.395 e. The Morgan fingerprint density at radius 2 is 0.759 bits per heavy atom. The number of para-hydroxylation sites is 2. The summed E-state index contributed by atoms with van der Waals surface area (Å²) in [5.41, 5.74) is 2.55. The van der Waals surface area contributed by atoms with Gasteiger partial charge in [0.05, 0.1) is 0 Å². The highest BCUT2D eigenvalue weighted by Crippen LogP contribution is 2.44. The van der Waals surface area contributed by atoms with Crippen molar-refractivity contribution in [2.45, 2.75) is 0 Å². The van der Waals surface area contributed by atoms with Crippen LogP contribution in [0.5, 0.6) is 11.5 Å². The fraction of sp³-hybridized carbons (Fsp3) is 0. The topological polar surface area (TPSA) is 55.8 Å². The molecule has 0 spiro atoms. The summed E-state index contributed by atoms with van der Waals surface area (Å²) in [6.45, 7) is 0. The molecule has 4 aromatic carbocycles. The summed E-state index contributed by atoms with van der Waals surface area (Å²) in [6.07, 6.45) is 0. The highest BCUT2D eigenvalue weighted by atomic mass is 31.2. The highest BCUT2D eigenvalue weighted by Gasteiger charge is 2.24. The normalized spacial score (nSPS) is 10.4. The molecule has 0 radical (unpaired) electrons. The van der Waals surface area contributed by atoms with Gasteiger partial charge in [-0.05, 0) is 35.4 Å². The van der Waals surface area contributed by atoms with Gasteiger partial charge in [-0.15, -0.1) is 0 Å². The van der Waals surface area contributed by atoms with Gasteiger partial charge in [0.25, 0.3) is 0 Å². The van der Waals surface area contributed by atoms with E-state index < -0.39 is 7.82 Å². The summed E-state index contributed by atoms with van der Waals surface area (Å²) >= 11 is 0. The fourth-order valence-corrected chi connectivity index (χ4v) is 3.32. The number of phosphoric ester groups is 1. The van der Waals surface area contributed by atoms with E-state index in [0.717, 1.165) is 0 Å². The Labute approximate surface area is 170 Å². The van der Waals surface area contributed by atoms with Crippen LogP contribution >= 0.6 is 7.82 Å². The first-order valence-electron chi connectivity index (χ1n) is 9.05. The predicted molar refractivity (Wildman–Crippen MR) is 116 cm³/mol. The third-order valence-electron chi connectivity index (χ3n) is 3.81. The van der Waals surface area contributed by atoms with Crippen molar-refractivity contribution in [1.82, 2.24) is 0 Å². The van der Waals surface area contributed by atoms with Crippen LogP contribution in [0.25, 0.3) is 11.1 Å². The monoisotopic (exact) mass is 404 g/mol. The van der Waals surface area contributed by atoms with Crippen molar-refractivity contribution < 1.29 is 18.5 Å². The van der Waals surface area contributed by atoms with Crippen molar-refractivity contribution in [3.63, 3.8) is 0 Å². The second-order valence-corrected chi connectivity index (χ2v) is 7.31. The van der Waals surface area contributed by atoms with Crippen molar-refractivity contribution >= 4 is 7.82 Å². The van der Waals surface area contributed by atoms with Crippen molar-refractivity contribution in [1.29, 1.82) is 0 Å². The Morgan fingerprint density at radius 1 is 0.483 bits per heavy atom. The molecule has 0 aliphatic heterocycles. The maximum atomic E-state index is 11.7. The Morgan fingerprint density at radius 3 is 1.07 bits per heavy atom. The van der Waals surface area contributed by atoms with Gasteiger partial charge in [-0.1, -0.05) is 97.1 Å². The van der Waals surface area contributed by atoms with E-state index in [2.05, 4.69) is 48.5 Å². The Bertz CT molecular complexity index is 940. The molecule has 0 saturated heterocycles. The molecule has 0 amide bonds. The van der Waals surface area contributed by atoms with Crippen LogP contribution in [0.1, 0.15) is 0 Å². The summed E-state index contributed by atoms with van der Waals surface area (Å²) in [5.74, 6) is 0.573. The molecule has 0 bridgehead atoms. The largest absolute Gasteiger partial charge is 0.584 e. The quantitative estimate of drug-likeness (QED) is 0.381. The molecule has 0 atom stereocenters. The number of hydrogen-bond acceptors (Lipinski definition) is 3. The van der Waals surface area contributed by atoms with Gasteiger partial charge < -0.3 is 9.05 Å². The van der Waals surface area contributed by atoms with Crippen molar-refractivity contribution in [2.75, 3.05) is 0 Å². The molecule has 0 fully saturated rings. The van der Waals surface area contributed by atoms with Gasteiger partial charge in [0.2, 0.25) is 0 Å². The maximum Gasteiger partial charge on any atom is 0.584 e. The van der Waals surface area contributed by atoms with Crippen molar-refractivity contribution in [3.05, 3.63) is 121 Å². The van der Waals surface area contributed by atoms with Gasteiger partial charge in [0.1, 0.15) is 11.5 Å². The molecule has 5 heteroatoms. The SMILES string of the molecule is O=P(O)(Oc1ccccc1)Oc1ccccc1.c1ccc(-c2ccccc2)cc1. The zero-order chi connectivity index (χ0) is 20.4. The van der Waals surface area contributed by atoms with Crippen LogP contribution < -0.4 is 9.05 Å². The van der Waals surface area contributed by atoms with E-state index in [1.165, 1.54) is 11.1 Å². The standard InChI is InChI=1S/C12H11O4P.C12H10/c13-17(14,15-11-7-3-1-4-8-11)16-12-9-5-2-6-10-12;1-3-7-11(8-4-1)12-9-5-2-6-10-12/h1-10H,(H,13,14);1-10H. The lowest BCUT2D eigenvalue weighted by Crippen LogP contribution is -1.99. The van der Waals surface area contributed by atoms with E-state index in [9.17, 15) is 9.46 Å². The number of phosphoric acid groups is 1. The molecular formula is C24H21O4P.